The topological polar surface area (TPSA) is 61.1 Å². The van der Waals surface area contributed by atoms with Crippen LogP contribution in [0.4, 0.5) is 0 Å². The lowest BCUT2D eigenvalue weighted by Gasteiger charge is -2.10. The summed E-state index contributed by atoms with van der Waals surface area (Å²) in [5.74, 6) is 0.488. The molecule has 8 heteroatoms. The van der Waals surface area contributed by atoms with Crippen molar-refractivity contribution in [3.8, 4) is 11.4 Å². The second-order valence-corrected chi connectivity index (χ2v) is 9.53. The Morgan fingerprint density at radius 1 is 1.19 bits per heavy atom. The highest BCUT2D eigenvalue weighted by molar-refractivity contribution is 14.1. The van der Waals surface area contributed by atoms with Crippen molar-refractivity contribution in [3.63, 3.8) is 0 Å². The van der Waals surface area contributed by atoms with Crippen molar-refractivity contribution >= 4 is 45.1 Å². The van der Waals surface area contributed by atoms with Gasteiger partial charge in [0.15, 0.2) is 0 Å². The quantitative estimate of drug-likeness (QED) is 0.379. The van der Waals surface area contributed by atoms with Gasteiger partial charge in [0.1, 0.15) is 12.4 Å². The minimum absolute atomic E-state index is 0.150. The number of ether oxygens (including phenoxy) is 1. The van der Waals surface area contributed by atoms with Gasteiger partial charge < -0.3 is 14.6 Å². The van der Waals surface area contributed by atoms with E-state index in [-0.39, 0.29) is 12.2 Å². The Labute approximate surface area is 204 Å². The molecule has 1 N–H and O–H groups in total. The molecular weight excluding hydrogens is 539 g/mol. The van der Waals surface area contributed by atoms with Crippen LogP contribution in [-0.4, -0.2) is 27.2 Å². The second kappa shape index (κ2) is 8.88. The van der Waals surface area contributed by atoms with Crippen LogP contribution in [0.2, 0.25) is 5.02 Å². The normalized spacial score (nSPS) is 13.7. The predicted octanol–water partition coefficient (Wildman–Crippen LogP) is 4.25. The molecule has 0 spiro atoms. The van der Waals surface area contributed by atoms with Crippen molar-refractivity contribution in [1.82, 2.24) is 19.4 Å². The third-order valence-electron chi connectivity index (χ3n) is 5.94. The Kier molecular flexibility index (Phi) is 5.96. The third-order valence-corrected chi connectivity index (χ3v) is 6.86. The van der Waals surface area contributed by atoms with E-state index in [2.05, 4.69) is 56.6 Å². The van der Waals surface area contributed by atoms with E-state index in [1.165, 1.54) is 22.7 Å². The highest BCUT2D eigenvalue weighted by atomic mass is 127. The molecule has 1 aromatic carbocycles. The number of nitrogens with one attached hydrogen (secondary N) is 1. The predicted molar refractivity (Wildman–Crippen MR) is 135 cm³/mol. The van der Waals surface area contributed by atoms with Crippen LogP contribution in [-0.2, 0) is 26.5 Å². The molecule has 4 aromatic rings. The summed E-state index contributed by atoms with van der Waals surface area (Å²) in [4.78, 5) is 17.1. The summed E-state index contributed by atoms with van der Waals surface area (Å²) in [6, 6.07) is 11.4. The molecule has 1 aliphatic heterocycles. The lowest BCUT2D eigenvalue weighted by molar-refractivity contribution is 0.300. The van der Waals surface area contributed by atoms with Gasteiger partial charge in [0, 0.05) is 53.1 Å². The fraction of sp³-hybridized carbons (Fsp3) is 0.250. The van der Waals surface area contributed by atoms with Crippen LogP contribution in [0.5, 0.6) is 5.75 Å². The number of hydrogen-bond donors (Lipinski definition) is 1. The lowest BCUT2D eigenvalue weighted by atomic mass is 10.1. The van der Waals surface area contributed by atoms with Gasteiger partial charge in [-0.3, -0.25) is 14.3 Å². The summed E-state index contributed by atoms with van der Waals surface area (Å²) >= 11 is 8.38. The SMILES string of the molecule is Cn1c2c(c3ccc(-n4ccc(OCc5ncc(I)cc5Cl)cc4=O)cc31)CCNCC2. The second-order valence-electron chi connectivity index (χ2n) is 7.88. The molecule has 0 atom stereocenters. The zero-order valence-corrected chi connectivity index (χ0v) is 20.5. The van der Waals surface area contributed by atoms with E-state index in [0.29, 0.717) is 16.5 Å². The molecule has 0 fully saturated rings. The first-order valence-corrected chi connectivity index (χ1v) is 11.9. The molecule has 0 radical (unpaired) electrons. The first-order chi connectivity index (χ1) is 15.5. The molecule has 5 rings (SSSR count). The van der Waals surface area contributed by atoms with Gasteiger partial charge in [-0.25, -0.2) is 0 Å². The van der Waals surface area contributed by atoms with E-state index in [1.807, 2.05) is 12.1 Å². The van der Waals surface area contributed by atoms with Crippen LogP contribution in [0.1, 0.15) is 17.0 Å². The van der Waals surface area contributed by atoms with Gasteiger partial charge in [-0.05, 0) is 65.4 Å². The largest absolute Gasteiger partial charge is 0.487 e. The van der Waals surface area contributed by atoms with Crippen LogP contribution < -0.4 is 15.6 Å². The summed E-state index contributed by atoms with van der Waals surface area (Å²) in [7, 11) is 2.11. The number of nitrogens with zero attached hydrogens (tertiary/aromatic N) is 3. The van der Waals surface area contributed by atoms with Crippen LogP contribution in [0.25, 0.3) is 16.6 Å². The molecule has 0 saturated heterocycles. The molecule has 32 heavy (non-hydrogen) atoms. The molecule has 0 aliphatic carbocycles. The third kappa shape index (κ3) is 4.04. The van der Waals surface area contributed by atoms with Gasteiger partial charge in [-0.15, -0.1) is 0 Å². The van der Waals surface area contributed by atoms with Gasteiger partial charge in [0.25, 0.3) is 5.56 Å². The smallest absolute Gasteiger partial charge is 0.258 e. The van der Waals surface area contributed by atoms with Gasteiger partial charge >= 0.3 is 0 Å². The summed E-state index contributed by atoms with van der Waals surface area (Å²) < 4.78 is 10.6. The number of fused-ring (bicyclic) bond motifs is 3. The highest BCUT2D eigenvalue weighted by Crippen LogP contribution is 2.29. The van der Waals surface area contributed by atoms with Crippen LogP contribution in [0, 0.1) is 3.57 Å². The maximum Gasteiger partial charge on any atom is 0.258 e. The number of aromatic nitrogens is 3. The molecule has 164 valence electrons. The molecule has 0 amide bonds. The number of rotatable bonds is 4. The van der Waals surface area contributed by atoms with Gasteiger partial charge in [0.05, 0.1) is 21.9 Å². The molecule has 0 bridgehead atoms. The average Bonchev–Trinajstić information content (AvgIpc) is 2.93. The lowest BCUT2D eigenvalue weighted by Crippen LogP contribution is -2.17. The van der Waals surface area contributed by atoms with E-state index < -0.39 is 0 Å². The van der Waals surface area contributed by atoms with E-state index in [9.17, 15) is 4.79 Å². The van der Waals surface area contributed by atoms with E-state index in [1.54, 1.807) is 23.0 Å². The summed E-state index contributed by atoms with van der Waals surface area (Å²) in [6.45, 7) is 2.19. The Morgan fingerprint density at radius 2 is 2.03 bits per heavy atom. The van der Waals surface area contributed by atoms with Gasteiger partial charge in [-0.2, -0.15) is 0 Å². The van der Waals surface area contributed by atoms with Gasteiger partial charge in [-0.1, -0.05) is 17.7 Å². The van der Waals surface area contributed by atoms with E-state index >= 15 is 0 Å². The van der Waals surface area contributed by atoms with Crippen molar-refractivity contribution in [2.24, 2.45) is 7.05 Å². The number of benzene rings is 1. The van der Waals surface area contributed by atoms with Crippen molar-refractivity contribution in [2.45, 2.75) is 19.4 Å². The summed E-state index contributed by atoms with van der Waals surface area (Å²) in [5, 5.41) is 5.29. The minimum Gasteiger partial charge on any atom is -0.487 e. The van der Waals surface area contributed by atoms with Crippen molar-refractivity contribution in [1.29, 1.82) is 0 Å². The number of aryl methyl sites for hydroxylation is 1. The molecule has 1 aliphatic rings. The maximum atomic E-state index is 12.8. The first-order valence-electron chi connectivity index (χ1n) is 10.5. The monoisotopic (exact) mass is 560 g/mol. The molecule has 0 saturated carbocycles. The minimum atomic E-state index is -0.150. The molecular formula is C24H22ClIN4O2. The molecule has 4 heterocycles. The summed E-state index contributed by atoms with van der Waals surface area (Å²) in [6.07, 6.45) is 5.53. The Bertz CT molecular complexity index is 1380. The van der Waals surface area contributed by atoms with Gasteiger partial charge in [0.2, 0.25) is 0 Å². The van der Waals surface area contributed by atoms with Crippen LogP contribution in [0.3, 0.4) is 0 Å². The first kappa shape index (κ1) is 21.5. The van der Waals surface area contributed by atoms with Crippen molar-refractivity contribution in [2.75, 3.05) is 13.1 Å². The standard InChI is InChI=1S/C24H22ClIN4O2/c1-29-22-5-8-27-7-4-19(22)18-3-2-16(11-23(18)29)30-9-6-17(12-24(30)31)32-14-21-20(25)10-15(26)13-28-21/h2-3,6,9-13,27H,4-5,7-8,14H2,1H3. The number of halogens is 2. The van der Waals surface area contributed by atoms with E-state index in [4.69, 9.17) is 16.3 Å². The molecule has 0 unspecified atom stereocenters. The van der Waals surface area contributed by atoms with Crippen LogP contribution in [0.15, 0.2) is 53.6 Å². The zero-order chi connectivity index (χ0) is 22.2. The van der Waals surface area contributed by atoms with E-state index in [0.717, 1.165) is 40.7 Å². The molecule has 3 aromatic heterocycles. The summed E-state index contributed by atoms with van der Waals surface area (Å²) in [5.41, 5.74) is 5.27. The van der Waals surface area contributed by atoms with Crippen LogP contribution >= 0.6 is 34.2 Å². The Balaban J connectivity index is 1.42. The Morgan fingerprint density at radius 3 is 2.84 bits per heavy atom. The van der Waals surface area contributed by atoms with Crippen molar-refractivity contribution < 1.29 is 4.74 Å². The number of hydrogen-bond acceptors (Lipinski definition) is 4. The number of pyridine rings is 2. The average molecular weight is 561 g/mol. The maximum absolute atomic E-state index is 12.8. The molecule has 6 nitrogen and oxygen atoms in total. The Hall–Kier alpha value is -2.36. The fourth-order valence-electron chi connectivity index (χ4n) is 4.31. The fourth-order valence-corrected chi connectivity index (χ4v) is 5.17. The highest BCUT2D eigenvalue weighted by Gasteiger charge is 2.17. The zero-order valence-electron chi connectivity index (χ0n) is 17.6. The van der Waals surface area contributed by atoms with Crippen molar-refractivity contribution in [3.05, 3.63) is 84.7 Å².